The molecule has 0 heterocycles. The topological polar surface area (TPSA) is 55.8 Å². The number of aryl methyl sites for hydroxylation is 1. The minimum absolute atomic E-state index is 0.497. The normalized spacial score (nSPS) is 11.7. The van der Waals surface area contributed by atoms with Crippen LogP contribution in [0, 0.1) is 6.92 Å². The van der Waals surface area contributed by atoms with Crippen LogP contribution in [-0.4, -0.2) is 17.2 Å². The van der Waals surface area contributed by atoms with Gasteiger partial charge in [-0.2, -0.15) is 0 Å². The van der Waals surface area contributed by atoms with Crippen LogP contribution in [-0.2, 0) is 4.79 Å². The third kappa shape index (κ3) is 3.75. The summed E-state index contributed by atoms with van der Waals surface area (Å²) in [5.74, 6) is 0.935. The second-order valence-corrected chi connectivity index (χ2v) is 4.49. The molecular weight excluding hydrogens is 256 g/mol. The summed E-state index contributed by atoms with van der Waals surface area (Å²) >= 11 is 0. The molecule has 0 bridgehead atoms. The number of carboxylic acid groups (broad SMARTS) is 1. The summed E-state index contributed by atoms with van der Waals surface area (Å²) < 4.78 is 10.9. The van der Waals surface area contributed by atoms with E-state index >= 15 is 0 Å². The quantitative estimate of drug-likeness (QED) is 0.902. The molecule has 20 heavy (non-hydrogen) atoms. The van der Waals surface area contributed by atoms with Crippen LogP contribution in [0.5, 0.6) is 17.2 Å². The van der Waals surface area contributed by atoms with Crippen LogP contribution >= 0.6 is 0 Å². The predicted octanol–water partition coefficient (Wildman–Crippen LogP) is 3.64. The fourth-order valence-electron chi connectivity index (χ4n) is 1.66. The van der Waals surface area contributed by atoms with Crippen molar-refractivity contribution < 1.29 is 19.4 Å². The highest BCUT2D eigenvalue weighted by Gasteiger charge is 2.12. The highest BCUT2D eigenvalue weighted by atomic mass is 16.5. The number of carbonyl (C=O) groups is 1. The first-order valence-electron chi connectivity index (χ1n) is 6.28. The van der Waals surface area contributed by atoms with Crippen molar-refractivity contribution in [3.8, 4) is 17.2 Å². The van der Waals surface area contributed by atoms with E-state index in [1.54, 1.807) is 24.3 Å². The molecule has 0 saturated heterocycles. The fourth-order valence-corrected chi connectivity index (χ4v) is 1.66. The highest BCUT2D eigenvalue weighted by Crippen LogP contribution is 2.24. The maximum atomic E-state index is 10.7. The minimum atomic E-state index is -0.995. The largest absolute Gasteiger partial charge is 0.479 e. The average molecular weight is 272 g/mol. The van der Waals surface area contributed by atoms with Gasteiger partial charge in [-0.1, -0.05) is 12.1 Å². The molecule has 0 saturated carbocycles. The zero-order chi connectivity index (χ0) is 14.5. The Labute approximate surface area is 117 Å². The summed E-state index contributed by atoms with van der Waals surface area (Å²) in [5, 5.41) is 8.77. The second kappa shape index (κ2) is 6.10. The number of carboxylic acids is 1. The standard InChI is InChI=1S/C16H16O4/c1-11-4-3-5-15(10-11)20-14-8-6-13(7-9-14)19-12(2)16(17)18/h3-10,12H,1-2H3,(H,17,18). The zero-order valence-corrected chi connectivity index (χ0v) is 11.4. The Hall–Kier alpha value is -2.49. The van der Waals surface area contributed by atoms with Crippen molar-refractivity contribution in [2.45, 2.75) is 20.0 Å². The third-order valence-corrected chi connectivity index (χ3v) is 2.71. The minimum Gasteiger partial charge on any atom is -0.479 e. The van der Waals surface area contributed by atoms with Crippen molar-refractivity contribution in [1.82, 2.24) is 0 Å². The second-order valence-electron chi connectivity index (χ2n) is 4.49. The maximum absolute atomic E-state index is 10.7. The van der Waals surface area contributed by atoms with Crippen molar-refractivity contribution in [3.05, 3.63) is 54.1 Å². The van der Waals surface area contributed by atoms with E-state index in [2.05, 4.69) is 0 Å². The molecule has 0 aromatic heterocycles. The lowest BCUT2D eigenvalue weighted by Crippen LogP contribution is -2.22. The van der Waals surface area contributed by atoms with Gasteiger partial charge in [-0.05, 0) is 55.8 Å². The molecule has 104 valence electrons. The van der Waals surface area contributed by atoms with Crippen LogP contribution in [0.15, 0.2) is 48.5 Å². The number of aliphatic carboxylic acids is 1. The van der Waals surface area contributed by atoms with Gasteiger partial charge in [0.2, 0.25) is 0 Å². The van der Waals surface area contributed by atoms with Crippen molar-refractivity contribution >= 4 is 5.97 Å². The Morgan fingerprint density at radius 1 is 1.05 bits per heavy atom. The number of hydrogen-bond donors (Lipinski definition) is 1. The third-order valence-electron chi connectivity index (χ3n) is 2.71. The first-order valence-corrected chi connectivity index (χ1v) is 6.28. The van der Waals surface area contributed by atoms with E-state index in [1.165, 1.54) is 6.92 Å². The van der Waals surface area contributed by atoms with Crippen molar-refractivity contribution in [3.63, 3.8) is 0 Å². The van der Waals surface area contributed by atoms with Gasteiger partial charge in [0.15, 0.2) is 6.10 Å². The molecule has 2 rings (SSSR count). The van der Waals surface area contributed by atoms with E-state index in [1.807, 2.05) is 31.2 Å². The van der Waals surface area contributed by atoms with Crippen molar-refractivity contribution in [1.29, 1.82) is 0 Å². The van der Waals surface area contributed by atoms with Crippen LogP contribution in [0.4, 0.5) is 0 Å². The summed E-state index contributed by atoms with van der Waals surface area (Å²) in [6.07, 6.45) is -0.876. The molecule has 4 heteroatoms. The monoisotopic (exact) mass is 272 g/mol. The Bertz CT molecular complexity index is 590. The number of rotatable bonds is 5. The lowest BCUT2D eigenvalue weighted by Gasteiger charge is -2.11. The van der Waals surface area contributed by atoms with Crippen LogP contribution < -0.4 is 9.47 Å². The highest BCUT2D eigenvalue weighted by molar-refractivity contribution is 5.72. The van der Waals surface area contributed by atoms with Gasteiger partial charge in [0.05, 0.1) is 0 Å². The van der Waals surface area contributed by atoms with E-state index in [4.69, 9.17) is 14.6 Å². The summed E-state index contributed by atoms with van der Waals surface area (Å²) in [4.78, 5) is 10.7. The number of hydrogen-bond acceptors (Lipinski definition) is 3. The van der Waals surface area contributed by atoms with Gasteiger partial charge in [-0.15, -0.1) is 0 Å². The first-order chi connectivity index (χ1) is 9.54. The van der Waals surface area contributed by atoms with Crippen LogP contribution in [0.3, 0.4) is 0 Å². The lowest BCUT2D eigenvalue weighted by molar-refractivity contribution is -0.144. The molecule has 0 aliphatic heterocycles. The van der Waals surface area contributed by atoms with Gasteiger partial charge in [0.1, 0.15) is 17.2 Å². The summed E-state index contributed by atoms with van der Waals surface area (Å²) in [6.45, 7) is 3.48. The van der Waals surface area contributed by atoms with E-state index in [-0.39, 0.29) is 0 Å². The molecule has 2 aromatic carbocycles. The van der Waals surface area contributed by atoms with Gasteiger partial charge in [-0.25, -0.2) is 4.79 Å². The Morgan fingerprint density at radius 2 is 1.70 bits per heavy atom. The molecule has 1 N–H and O–H groups in total. The molecule has 1 unspecified atom stereocenters. The molecule has 0 aliphatic carbocycles. The number of ether oxygens (including phenoxy) is 2. The molecule has 2 aromatic rings. The molecule has 0 amide bonds. The molecule has 1 atom stereocenters. The Balaban J connectivity index is 2.03. The van der Waals surface area contributed by atoms with Gasteiger partial charge >= 0.3 is 5.97 Å². The Kier molecular flexibility index (Phi) is 4.25. The lowest BCUT2D eigenvalue weighted by atomic mass is 10.2. The maximum Gasteiger partial charge on any atom is 0.344 e. The van der Waals surface area contributed by atoms with E-state index in [9.17, 15) is 4.79 Å². The summed E-state index contributed by atoms with van der Waals surface area (Å²) in [6, 6.07) is 14.6. The van der Waals surface area contributed by atoms with E-state index in [0.717, 1.165) is 11.3 Å². The van der Waals surface area contributed by atoms with Gasteiger partial charge in [-0.3, -0.25) is 0 Å². The molecule has 4 nitrogen and oxygen atoms in total. The van der Waals surface area contributed by atoms with Crippen LogP contribution in [0.1, 0.15) is 12.5 Å². The Morgan fingerprint density at radius 3 is 2.30 bits per heavy atom. The van der Waals surface area contributed by atoms with Crippen molar-refractivity contribution in [2.24, 2.45) is 0 Å². The fraction of sp³-hybridized carbons (Fsp3) is 0.188. The summed E-state index contributed by atoms with van der Waals surface area (Å²) in [7, 11) is 0. The van der Waals surface area contributed by atoms with Crippen molar-refractivity contribution in [2.75, 3.05) is 0 Å². The van der Waals surface area contributed by atoms with Gasteiger partial charge in [0.25, 0.3) is 0 Å². The first kappa shape index (κ1) is 13.9. The zero-order valence-electron chi connectivity index (χ0n) is 11.4. The molecule has 0 aliphatic rings. The smallest absolute Gasteiger partial charge is 0.344 e. The average Bonchev–Trinajstić information content (AvgIpc) is 2.41. The van der Waals surface area contributed by atoms with Gasteiger partial charge < -0.3 is 14.6 Å². The van der Waals surface area contributed by atoms with E-state index < -0.39 is 12.1 Å². The number of benzene rings is 2. The molecule has 0 radical (unpaired) electrons. The SMILES string of the molecule is Cc1cccc(Oc2ccc(OC(C)C(=O)O)cc2)c1. The van der Waals surface area contributed by atoms with E-state index in [0.29, 0.717) is 11.5 Å². The van der Waals surface area contributed by atoms with Gasteiger partial charge in [0, 0.05) is 0 Å². The molecule has 0 spiro atoms. The molecule has 0 fully saturated rings. The van der Waals surface area contributed by atoms with Crippen LogP contribution in [0.25, 0.3) is 0 Å². The predicted molar refractivity (Wildman–Crippen MR) is 75.4 cm³/mol. The molecular formula is C16H16O4. The summed E-state index contributed by atoms with van der Waals surface area (Å²) in [5.41, 5.74) is 1.12. The van der Waals surface area contributed by atoms with Crippen LogP contribution in [0.2, 0.25) is 0 Å².